The Morgan fingerprint density at radius 3 is 2.60 bits per heavy atom. The number of fused-ring (bicyclic) bond motifs is 1. The van der Waals surface area contributed by atoms with Gasteiger partial charge in [0.25, 0.3) is 0 Å². The molecule has 0 bridgehead atoms. The number of amides is 1. The third-order valence-corrected chi connectivity index (χ3v) is 5.14. The second kappa shape index (κ2) is 5.62. The first kappa shape index (κ1) is 15.7. The van der Waals surface area contributed by atoms with Gasteiger partial charge in [-0.2, -0.15) is 0 Å². The zero-order valence-corrected chi connectivity index (χ0v) is 14.3. The Morgan fingerprint density at radius 1 is 1.12 bits per heavy atom. The zero-order chi connectivity index (χ0) is 17.6. The van der Waals surface area contributed by atoms with Crippen LogP contribution in [-0.4, -0.2) is 15.9 Å². The second-order valence-electron chi connectivity index (χ2n) is 7.03. The van der Waals surface area contributed by atoms with Gasteiger partial charge in [-0.15, -0.1) is 0 Å². The van der Waals surface area contributed by atoms with Crippen LogP contribution in [0.15, 0.2) is 47.3 Å². The minimum atomic E-state index is -0.382. The fourth-order valence-electron chi connectivity index (χ4n) is 3.45. The summed E-state index contributed by atoms with van der Waals surface area (Å²) in [6.07, 6.45) is 1.78. The molecule has 128 valence electrons. The summed E-state index contributed by atoms with van der Waals surface area (Å²) >= 11 is 0. The third kappa shape index (κ3) is 2.76. The van der Waals surface area contributed by atoms with E-state index in [9.17, 15) is 9.59 Å². The van der Waals surface area contributed by atoms with Crippen LogP contribution in [0, 0.1) is 6.92 Å². The Morgan fingerprint density at radius 2 is 1.88 bits per heavy atom. The number of aryl methyl sites for hydroxylation is 1. The summed E-state index contributed by atoms with van der Waals surface area (Å²) in [5.41, 5.74) is 4.16. The van der Waals surface area contributed by atoms with Gasteiger partial charge in [0, 0.05) is 0 Å². The highest BCUT2D eigenvalue weighted by Crippen LogP contribution is 2.48. The number of hydrogen-bond donors (Lipinski definition) is 3. The third-order valence-electron chi connectivity index (χ3n) is 5.14. The lowest BCUT2D eigenvalue weighted by Gasteiger charge is -2.21. The standard InChI is InChI=1S/C20H21N3O2/c1-12-4-3-5-15(10-12)20(8-9-20)18(24)21-13(2)14-6-7-16-17(11-14)23-19(25)22-16/h3-7,10-11,13H,8-9H2,1-2H3,(H,21,24)(H2,22,23,25). The molecule has 1 amide bonds. The molecule has 0 radical (unpaired) electrons. The van der Waals surface area contributed by atoms with Crippen LogP contribution in [-0.2, 0) is 10.2 Å². The van der Waals surface area contributed by atoms with Crippen molar-refractivity contribution in [2.45, 2.75) is 38.1 Å². The van der Waals surface area contributed by atoms with E-state index in [1.165, 1.54) is 5.56 Å². The van der Waals surface area contributed by atoms with Crippen molar-refractivity contribution < 1.29 is 4.79 Å². The Kier molecular flexibility index (Phi) is 3.53. The minimum absolute atomic E-state index is 0.0771. The van der Waals surface area contributed by atoms with E-state index in [1.54, 1.807) is 0 Å². The molecule has 1 saturated carbocycles. The molecule has 1 heterocycles. The fraction of sp³-hybridized carbons (Fsp3) is 0.300. The molecule has 3 aromatic rings. The predicted octanol–water partition coefficient (Wildman–Crippen LogP) is 3.07. The van der Waals surface area contributed by atoms with Crippen LogP contribution in [0.3, 0.4) is 0 Å². The van der Waals surface area contributed by atoms with Gasteiger partial charge >= 0.3 is 5.69 Å². The van der Waals surface area contributed by atoms with E-state index in [1.807, 2.05) is 50.2 Å². The molecule has 1 aromatic heterocycles. The molecule has 2 aromatic carbocycles. The summed E-state index contributed by atoms with van der Waals surface area (Å²) in [6, 6.07) is 13.8. The van der Waals surface area contributed by atoms with E-state index in [4.69, 9.17) is 0 Å². The number of hydrogen-bond acceptors (Lipinski definition) is 2. The van der Waals surface area contributed by atoms with Crippen LogP contribution >= 0.6 is 0 Å². The molecule has 4 rings (SSSR count). The lowest BCUT2D eigenvalue weighted by atomic mass is 9.93. The molecule has 1 unspecified atom stereocenters. The van der Waals surface area contributed by atoms with Crippen molar-refractivity contribution in [3.63, 3.8) is 0 Å². The molecule has 25 heavy (non-hydrogen) atoms. The molecule has 0 aliphatic heterocycles. The maximum atomic E-state index is 12.9. The number of aromatic nitrogens is 2. The molecule has 1 aliphatic carbocycles. The Bertz CT molecular complexity index is 1010. The molecular formula is C20H21N3O2. The number of aromatic amines is 2. The average Bonchev–Trinajstić information content (AvgIpc) is 3.30. The van der Waals surface area contributed by atoms with Gasteiger partial charge in [0.15, 0.2) is 0 Å². The number of carbonyl (C=O) groups excluding carboxylic acids is 1. The molecule has 3 N–H and O–H groups in total. The number of H-pyrrole nitrogens is 2. The van der Waals surface area contributed by atoms with E-state index >= 15 is 0 Å². The summed E-state index contributed by atoms with van der Waals surface area (Å²) < 4.78 is 0. The number of carbonyl (C=O) groups is 1. The summed E-state index contributed by atoms with van der Waals surface area (Å²) in [5, 5.41) is 3.15. The molecule has 5 heteroatoms. The van der Waals surface area contributed by atoms with Crippen molar-refractivity contribution in [2.24, 2.45) is 0 Å². The highest BCUT2D eigenvalue weighted by molar-refractivity contribution is 5.91. The van der Waals surface area contributed by atoms with Crippen molar-refractivity contribution >= 4 is 16.9 Å². The Balaban J connectivity index is 1.56. The van der Waals surface area contributed by atoms with E-state index in [2.05, 4.69) is 21.4 Å². The van der Waals surface area contributed by atoms with E-state index in [0.29, 0.717) is 0 Å². The van der Waals surface area contributed by atoms with Gasteiger partial charge in [0.2, 0.25) is 5.91 Å². The molecule has 1 fully saturated rings. The van der Waals surface area contributed by atoms with Crippen LogP contribution in [0.4, 0.5) is 0 Å². The lowest BCUT2D eigenvalue weighted by molar-refractivity contribution is -0.124. The van der Waals surface area contributed by atoms with Gasteiger partial charge in [-0.3, -0.25) is 4.79 Å². The topological polar surface area (TPSA) is 77.8 Å². The largest absolute Gasteiger partial charge is 0.349 e. The minimum Gasteiger partial charge on any atom is -0.349 e. The lowest BCUT2D eigenvalue weighted by Crippen LogP contribution is -2.36. The van der Waals surface area contributed by atoms with Crippen molar-refractivity contribution in [3.05, 3.63) is 69.6 Å². The molecule has 0 saturated heterocycles. The smallest absolute Gasteiger partial charge is 0.323 e. The number of nitrogens with one attached hydrogen (secondary N) is 3. The van der Waals surface area contributed by atoms with E-state index in [0.717, 1.165) is 35.0 Å². The monoisotopic (exact) mass is 335 g/mol. The SMILES string of the molecule is Cc1cccc(C2(C(=O)NC(C)c3ccc4[nH]c(=O)[nH]c4c3)CC2)c1. The quantitative estimate of drug-likeness (QED) is 0.685. The van der Waals surface area contributed by atoms with Gasteiger partial charge in [-0.1, -0.05) is 35.9 Å². The maximum absolute atomic E-state index is 12.9. The van der Waals surface area contributed by atoms with Gasteiger partial charge in [-0.05, 0) is 49.9 Å². The van der Waals surface area contributed by atoms with Gasteiger partial charge in [0.05, 0.1) is 22.5 Å². The maximum Gasteiger partial charge on any atom is 0.323 e. The van der Waals surface area contributed by atoms with Gasteiger partial charge in [0.1, 0.15) is 0 Å². The summed E-state index contributed by atoms with van der Waals surface area (Å²) in [5.74, 6) is 0.0771. The first-order valence-electron chi connectivity index (χ1n) is 8.58. The van der Waals surface area contributed by atoms with Crippen molar-refractivity contribution in [2.75, 3.05) is 0 Å². The van der Waals surface area contributed by atoms with Crippen LogP contribution < -0.4 is 11.0 Å². The Labute approximate surface area is 145 Å². The number of benzene rings is 2. The van der Waals surface area contributed by atoms with Crippen molar-refractivity contribution in [3.8, 4) is 0 Å². The van der Waals surface area contributed by atoms with E-state index < -0.39 is 0 Å². The number of rotatable bonds is 4. The highest BCUT2D eigenvalue weighted by atomic mass is 16.2. The molecule has 5 nitrogen and oxygen atoms in total. The first-order chi connectivity index (χ1) is 12.0. The average molecular weight is 335 g/mol. The fourth-order valence-corrected chi connectivity index (χ4v) is 3.45. The second-order valence-corrected chi connectivity index (χ2v) is 7.03. The van der Waals surface area contributed by atoms with Gasteiger partial charge < -0.3 is 15.3 Å². The summed E-state index contributed by atoms with van der Waals surface area (Å²) in [7, 11) is 0. The Hall–Kier alpha value is -2.82. The highest BCUT2D eigenvalue weighted by Gasteiger charge is 2.51. The molecule has 1 atom stereocenters. The molecule has 1 aliphatic rings. The summed E-state index contributed by atoms with van der Waals surface area (Å²) in [4.78, 5) is 29.8. The van der Waals surface area contributed by atoms with Crippen molar-refractivity contribution in [1.29, 1.82) is 0 Å². The normalized spacial score (nSPS) is 16.6. The van der Waals surface area contributed by atoms with Crippen LogP contribution in [0.25, 0.3) is 11.0 Å². The van der Waals surface area contributed by atoms with Crippen LogP contribution in [0.2, 0.25) is 0 Å². The molecular weight excluding hydrogens is 314 g/mol. The van der Waals surface area contributed by atoms with Gasteiger partial charge in [-0.25, -0.2) is 4.79 Å². The molecule has 0 spiro atoms. The number of imidazole rings is 1. The van der Waals surface area contributed by atoms with Crippen LogP contribution in [0.1, 0.15) is 42.5 Å². The first-order valence-corrected chi connectivity index (χ1v) is 8.58. The predicted molar refractivity (Wildman–Crippen MR) is 97.6 cm³/mol. The zero-order valence-electron chi connectivity index (χ0n) is 14.3. The van der Waals surface area contributed by atoms with E-state index in [-0.39, 0.29) is 23.1 Å². The summed E-state index contributed by atoms with van der Waals surface area (Å²) in [6.45, 7) is 4.02. The van der Waals surface area contributed by atoms with Crippen LogP contribution in [0.5, 0.6) is 0 Å². The van der Waals surface area contributed by atoms with Crippen molar-refractivity contribution in [1.82, 2.24) is 15.3 Å².